The highest BCUT2D eigenvalue weighted by Crippen LogP contribution is 2.31. The van der Waals surface area contributed by atoms with Gasteiger partial charge in [0.2, 0.25) is 5.16 Å². The van der Waals surface area contributed by atoms with Gasteiger partial charge in [-0.3, -0.25) is 0 Å². The van der Waals surface area contributed by atoms with Crippen molar-refractivity contribution < 1.29 is 5.11 Å². The molecule has 1 heterocycles. The number of hydrogen-bond donors (Lipinski definition) is 1. The van der Waals surface area contributed by atoms with Crippen molar-refractivity contribution in [2.24, 2.45) is 0 Å². The molecule has 1 aliphatic carbocycles. The molecule has 15 heavy (non-hydrogen) atoms. The van der Waals surface area contributed by atoms with Crippen LogP contribution in [-0.4, -0.2) is 37.7 Å². The van der Waals surface area contributed by atoms with Gasteiger partial charge in [-0.05, 0) is 29.7 Å². The van der Waals surface area contributed by atoms with Gasteiger partial charge in [-0.15, -0.1) is 5.10 Å². The highest BCUT2D eigenvalue weighted by atomic mass is 32.2. The molecule has 0 aliphatic heterocycles. The fourth-order valence-corrected chi connectivity index (χ4v) is 2.75. The van der Waals surface area contributed by atoms with Crippen LogP contribution in [0.25, 0.3) is 0 Å². The largest absolute Gasteiger partial charge is 0.396 e. The van der Waals surface area contributed by atoms with E-state index in [1.165, 1.54) is 25.7 Å². The summed E-state index contributed by atoms with van der Waals surface area (Å²) >= 11 is 1.63. The van der Waals surface area contributed by atoms with Gasteiger partial charge in [0.1, 0.15) is 0 Å². The summed E-state index contributed by atoms with van der Waals surface area (Å²) in [5, 5.41) is 21.4. The van der Waals surface area contributed by atoms with Crippen molar-refractivity contribution in [3.05, 3.63) is 0 Å². The van der Waals surface area contributed by atoms with E-state index in [2.05, 4.69) is 15.5 Å². The lowest BCUT2D eigenvalue weighted by Crippen LogP contribution is -2.08. The zero-order chi connectivity index (χ0) is 10.5. The second-order valence-corrected chi connectivity index (χ2v) is 4.83. The molecule has 1 aromatic rings. The molecule has 0 atom stereocenters. The van der Waals surface area contributed by atoms with Gasteiger partial charge in [0.15, 0.2) is 0 Å². The fraction of sp³-hybridized carbons (Fsp3) is 0.889. The van der Waals surface area contributed by atoms with Crippen molar-refractivity contribution in [1.82, 2.24) is 20.2 Å². The molecular weight excluding hydrogens is 212 g/mol. The molecular formula is C9H16N4OS. The summed E-state index contributed by atoms with van der Waals surface area (Å²) in [4.78, 5) is 0. The summed E-state index contributed by atoms with van der Waals surface area (Å²) in [5.74, 6) is 0.879. The van der Waals surface area contributed by atoms with Crippen molar-refractivity contribution in [2.45, 2.75) is 43.3 Å². The predicted octanol–water partition coefficient (Wildman–Crippen LogP) is 1.26. The van der Waals surface area contributed by atoms with E-state index in [1.54, 1.807) is 11.8 Å². The molecule has 84 valence electrons. The molecule has 0 bridgehead atoms. The van der Waals surface area contributed by atoms with Crippen LogP contribution in [0.2, 0.25) is 0 Å². The van der Waals surface area contributed by atoms with Crippen LogP contribution in [0, 0.1) is 0 Å². The first-order valence-electron chi connectivity index (χ1n) is 5.43. The minimum Gasteiger partial charge on any atom is -0.396 e. The van der Waals surface area contributed by atoms with E-state index in [1.807, 2.05) is 4.68 Å². The number of aliphatic hydroxyl groups is 1. The molecule has 2 rings (SSSR count). The second-order valence-electron chi connectivity index (χ2n) is 3.77. The van der Waals surface area contributed by atoms with Crippen LogP contribution in [0.5, 0.6) is 0 Å². The van der Waals surface area contributed by atoms with E-state index < -0.39 is 0 Å². The molecule has 0 aromatic carbocycles. The van der Waals surface area contributed by atoms with Crippen LogP contribution in [0.3, 0.4) is 0 Å². The summed E-state index contributed by atoms with van der Waals surface area (Å²) in [6, 6.07) is 0.497. The lowest BCUT2D eigenvalue weighted by molar-refractivity contribution is 0.296. The number of hydrogen-bond acceptors (Lipinski definition) is 5. The Hall–Kier alpha value is -0.620. The zero-order valence-corrected chi connectivity index (χ0v) is 9.49. The third-order valence-corrected chi connectivity index (χ3v) is 3.69. The van der Waals surface area contributed by atoms with Crippen molar-refractivity contribution in [3.63, 3.8) is 0 Å². The number of nitrogens with zero attached hydrogens (tertiary/aromatic N) is 4. The van der Waals surface area contributed by atoms with Gasteiger partial charge >= 0.3 is 0 Å². The minimum absolute atomic E-state index is 0.234. The van der Waals surface area contributed by atoms with Crippen LogP contribution in [0.4, 0.5) is 0 Å². The normalized spacial score (nSPS) is 17.4. The Morgan fingerprint density at radius 3 is 2.93 bits per heavy atom. The van der Waals surface area contributed by atoms with Gasteiger partial charge in [-0.25, -0.2) is 4.68 Å². The van der Waals surface area contributed by atoms with E-state index in [0.717, 1.165) is 17.3 Å². The third-order valence-electron chi connectivity index (χ3n) is 2.67. The lowest BCUT2D eigenvalue weighted by atomic mass is 10.3. The minimum atomic E-state index is 0.234. The van der Waals surface area contributed by atoms with Gasteiger partial charge < -0.3 is 5.11 Å². The first-order valence-corrected chi connectivity index (χ1v) is 6.42. The molecule has 1 aliphatic rings. The zero-order valence-electron chi connectivity index (χ0n) is 8.67. The summed E-state index contributed by atoms with van der Waals surface area (Å²) in [5.41, 5.74) is 0. The number of rotatable bonds is 5. The Balaban J connectivity index is 1.95. The average molecular weight is 228 g/mol. The van der Waals surface area contributed by atoms with E-state index in [9.17, 15) is 0 Å². The standard InChI is InChI=1S/C9H16N4OS/c14-6-3-7-15-9-10-11-12-13(9)8-4-1-2-5-8/h8,14H,1-7H2. The summed E-state index contributed by atoms with van der Waals surface area (Å²) in [7, 11) is 0. The van der Waals surface area contributed by atoms with Crippen LogP contribution in [0.1, 0.15) is 38.1 Å². The second kappa shape index (κ2) is 5.46. The van der Waals surface area contributed by atoms with Crippen molar-refractivity contribution in [1.29, 1.82) is 0 Å². The van der Waals surface area contributed by atoms with Gasteiger partial charge in [0.25, 0.3) is 0 Å². The number of aromatic nitrogens is 4. The Bertz CT molecular complexity index is 298. The maximum Gasteiger partial charge on any atom is 0.209 e. The van der Waals surface area contributed by atoms with E-state index in [0.29, 0.717) is 6.04 Å². The fourth-order valence-electron chi connectivity index (χ4n) is 1.89. The van der Waals surface area contributed by atoms with Gasteiger partial charge in [-0.1, -0.05) is 24.6 Å². The highest BCUT2D eigenvalue weighted by Gasteiger charge is 2.21. The first-order chi connectivity index (χ1) is 7.42. The molecule has 1 aromatic heterocycles. The van der Waals surface area contributed by atoms with Crippen LogP contribution in [0.15, 0.2) is 5.16 Å². The first kappa shape index (κ1) is 10.9. The number of aliphatic hydroxyl groups excluding tert-OH is 1. The molecule has 0 radical (unpaired) electrons. The molecule has 0 amide bonds. The highest BCUT2D eigenvalue weighted by molar-refractivity contribution is 7.99. The summed E-state index contributed by atoms with van der Waals surface area (Å²) < 4.78 is 1.95. The van der Waals surface area contributed by atoms with Crippen LogP contribution in [-0.2, 0) is 0 Å². The molecule has 1 N–H and O–H groups in total. The summed E-state index contributed by atoms with van der Waals surface area (Å²) in [6.07, 6.45) is 5.75. The molecule has 1 saturated carbocycles. The van der Waals surface area contributed by atoms with Crippen molar-refractivity contribution >= 4 is 11.8 Å². The molecule has 0 spiro atoms. The SMILES string of the molecule is OCCCSc1nnnn1C1CCCC1. The van der Waals surface area contributed by atoms with Crippen LogP contribution >= 0.6 is 11.8 Å². The molecule has 5 nitrogen and oxygen atoms in total. The Kier molecular flexibility index (Phi) is 3.96. The number of thioether (sulfide) groups is 1. The Morgan fingerprint density at radius 2 is 2.20 bits per heavy atom. The Labute approximate surface area is 93.2 Å². The number of tetrazole rings is 1. The van der Waals surface area contributed by atoms with Gasteiger partial charge in [-0.2, -0.15) is 0 Å². The summed E-state index contributed by atoms with van der Waals surface area (Å²) in [6.45, 7) is 0.234. The third kappa shape index (κ3) is 2.69. The van der Waals surface area contributed by atoms with Crippen LogP contribution < -0.4 is 0 Å². The quantitative estimate of drug-likeness (QED) is 0.607. The predicted molar refractivity (Wildman–Crippen MR) is 57.7 cm³/mol. The molecule has 0 unspecified atom stereocenters. The van der Waals surface area contributed by atoms with E-state index >= 15 is 0 Å². The van der Waals surface area contributed by atoms with Crippen molar-refractivity contribution in [3.8, 4) is 0 Å². The smallest absolute Gasteiger partial charge is 0.209 e. The average Bonchev–Trinajstić information content (AvgIpc) is 2.87. The van der Waals surface area contributed by atoms with Gasteiger partial charge in [0.05, 0.1) is 6.04 Å². The van der Waals surface area contributed by atoms with Crippen molar-refractivity contribution in [2.75, 3.05) is 12.4 Å². The topological polar surface area (TPSA) is 63.8 Å². The lowest BCUT2D eigenvalue weighted by Gasteiger charge is -2.10. The molecule has 0 saturated heterocycles. The molecule has 1 fully saturated rings. The maximum absolute atomic E-state index is 8.70. The van der Waals surface area contributed by atoms with E-state index in [-0.39, 0.29) is 6.61 Å². The van der Waals surface area contributed by atoms with Gasteiger partial charge in [0, 0.05) is 12.4 Å². The van der Waals surface area contributed by atoms with E-state index in [4.69, 9.17) is 5.11 Å². The monoisotopic (exact) mass is 228 g/mol. The Morgan fingerprint density at radius 1 is 1.40 bits per heavy atom. The molecule has 6 heteroatoms. The maximum atomic E-state index is 8.70.